The van der Waals surface area contributed by atoms with E-state index in [1.54, 1.807) is 0 Å². The van der Waals surface area contributed by atoms with Crippen molar-refractivity contribution < 1.29 is 0 Å². The summed E-state index contributed by atoms with van der Waals surface area (Å²) >= 11 is 0. The van der Waals surface area contributed by atoms with Crippen molar-refractivity contribution in [1.29, 1.82) is 0 Å². The Balaban J connectivity index is 1.54. The second-order valence-corrected chi connectivity index (χ2v) is 9.32. The molecule has 3 heterocycles. The zero-order chi connectivity index (χ0) is 19.3. The number of nitrogens with zero attached hydrogens (tertiary/aromatic N) is 3. The van der Waals surface area contributed by atoms with Crippen molar-refractivity contribution in [1.82, 2.24) is 25.1 Å². The zero-order valence-electron chi connectivity index (χ0n) is 17.2. The van der Waals surface area contributed by atoms with E-state index < -0.39 is 0 Å². The fourth-order valence-electron chi connectivity index (χ4n) is 6.08. The van der Waals surface area contributed by atoms with Gasteiger partial charge in [-0.05, 0) is 50.4 Å². The molecule has 4 atom stereocenters. The highest BCUT2D eigenvalue weighted by molar-refractivity contribution is 5.59. The topological polar surface area (TPSA) is 75.6 Å². The Morgan fingerprint density at radius 1 is 1.07 bits per heavy atom. The Morgan fingerprint density at radius 3 is 2.61 bits per heavy atom. The number of piperidine rings is 1. The first kappa shape index (κ1) is 18.3. The lowest BCUT2D eigenvalue weighted by Crippen LogP contribution is -2.49. The van der Waals surface area contributed by atoms with Crippen LogP contribution in [0.5, 0.6) is 0 Å². The molecule has 0 aromatic heterocycles. The van der Waals surface area contributed by atoms with Gasteiger partial charge in [0.25, 0.3) is 5.56 Å². The molecule has 4 unspecified atom stereocenters. The van der Waals surface area contributed by atoms with Crippen molar-refractivity contribution in [3.05, 3.63) is 21.9 Å². The number of fused-ring (bicyclic) bond motifs is 2. The lowest BCUT2D eigenvalue weighted by molar-refractivity contribution is 0.116. The molecule has 3 aliphatic heterocycles. The second-order valence-electron chi connectivity index (χ2n) is 9.32. The largest absolute Gasteiger partial charge is 0.304 e. The molecule has 1 saturated heterocycles. The molecule has 2 saturated carbocycles. The van der Waals surface area contributed by atoms with Gasteiger partial charge in [0, 0.05) is 11.7 Å². The molecule has 6 nitrogen and oxygen atoms in total. The predicted molar refractivity (Wildman–Crippen MR) is 110 cm³/mol. The van der Waals surface area contributed by atoms with Crippen molar-refractivity contribution in [2.24, 2.45) is 11.8 Å². The van der Waals surface area contributed by atoms with Gasteiger partial charge in [-0.1, -0.05) is 39.5 Å². The van der Waals surface area contributed by atoms with Gasteiger partial charge < -0.3 is 5.32 Å². The summed E-state index contributed by atoms with van der Waals surface area (Å²) < 4.78 is 2.18. The first-order chi connectivity index (χ1) is 13.7. The minimum absolute atomic E-state index is 0.100. The molecule has 2 aliphatic carbocycles. The maximum Gasteiger partial charge on any atom is 0.284 e. The quantitative estimate of drug-likeness (QED) is 0.841. The maximum atomic E-state index is 13.0. The Bertz CT molecular complexity index is 864. The maximum absolute atomic E-state index is 13.0. The molecule has 6 heteroatoms. The van der Waals surface area contributed by atoms with Crippen molar-refractivity contribution in [2.75, 3.05) is 0 Å². The number of aryl methyl sites for hydroxylation is 1. The first-order valence-electron chi connectivity index (χ1n) is 11.4. The van der Waals surface area contributed by atoms with Gasteiger partial charge in [0.05, 0.1) is 12.1 Å². The third-order valence-corrected chi connectivity index (χ3v) is 7.59. The average Bonchev–Trinajstić information content (AvgIpc) is 3.35. The zero-order valence-corrected chi connectivity index (χ0v) is 17.2. The molecule has 0 amide bonds. The molecular weight excluding hydrogens is 350 g/mol. The highest BCUT2D eigenvalue weighted by Gasteiger charge is 2.38. The van der Waals surface area contributed by atoms with E-state index in [-0.39, 0.29) is 11.6 Å². The van der Waals surface area contributed by atoms with Crippen molar-refractivity contribution in [3.63, 3.8) is 0 Å². The summed E-state index contributed by atoms with van der Waals surface area (Å²) in [4.78, 5) is 22.5. The summed E-state index contributed by atoms with van der Waals surface area (Å²) in [6, 6.07) is 1.09. The smallest absolute Gasteiger partial charge is 0.284 e. The molecule has 2 N–H and O–H groups in total. The van der Waals surface area contributed by atoms with Crippen LogP contribution in [0.15, 0.2) is 4.79 Å². The van der Waals surface area contributed by atoms with Crippen LogP contribution < -0.4 is 10.9 Å². The Kier molecular flexibility index (Phi) is 4.77. The average molecular weight is 384 g/mol. The fourth-order valence-corrected chi connectivity index (χ4v) is 6.08. The predicted octanol–water partition coefficient (Wildman–Crippen LogP) is 3.98. The van der Waals surface area contributed by atoms with Gasteiger partial charge in [-0.3, -0.25) is 14.6 Å². The SMILES string of the molecule is CCc1[nH]n(C2CCCC2)c2nc(C3CC(C)C4CCCCC4N3)nc(=O)c1-2. The van der Waals surface area contributed by atoms with E-state index in [1.165, 1.54) is 51.4 Å². The van der Waals surface area contributed by atoms with E-state index in [0.717, 1.165) is 30.3 Å². The Hall–Kier alpha value is -1.69. The van der Waals surface area contributed by atoms with Gasteiger partial charge in [-0.15, -0.1) is 0 Å². The van der Waals surface area contributed by atoms with Crippen LogP contribution >= 0.6 is 0 Å². The molecule has 0 bridgehead atoms. The molecule has 5 rings (SSSR count). The van der Waals surface area contributed by atoms with Crippen LogP contribution in [0.3, 0.4) is 0 Å². The number of hydrogen-bond donors (Lipinski definition) is 2. The molecule has 0 aromatic carbocycles. The van der Waals surface area contributed by atoms with Gasteiger partial charge in [0.1, 0.15) is 5.56 Å². The number of rotatable bonds is 3. The summed E-state index contributed by atoms with van der Waals surface area (Å²) in [5.74, 6) is 2.97. The number of aromatic amines is 1. The van der Waals surface area contributed by atoms with E-state index >= 15 is 0 Å². The highest BCUT2D eigenvalue weighted by Crippen LogP contribution is 2.40. The summed E-state index contributed by atoms with van der Waals surface area (Å²) in [7, 11) is 0. The summed E-state index contributed by atoms with van der Waals surface area (Å²) in [6.07, 6.45) is 11.9. The second kappa shape index (κ2) is 7.29. The van der Waals surface area contributed by atoms with Crippen molar-refractivity contribution in [2.45, 2.75) is 96.2 Å². The molecule has 5 aliphatic rings. The lowest BCUT2D eigenvalue weighted by atomic mass is 9.72. The first-order valence-corrected chi connectivity index (χ1v) is 11.4. The van der Waals surface area contributed by atoms with Crippen LogP contribution in [0.25, 0.3) is 11.4 Å². The van der Waals surface area contributed by atoms with Crippen molar-refractivity contribution in [3.8, 4) is 11.4 Å². The highest BCUT2D eigenvalue weighted by atomic mass is 16.1. The fraction of sp³-hybridized carbons (Fsp3) is 0.773. The minimum Gasteiger partial charge on any atom is -0.304 e. The van der Waals surface area contributed by atoms with Crippen LogP contribution in [-0.2, 0) is 6.42 Å². The van der Waals surface area contributed by atoms with Crippen LogP contribution in [0, 0.1) is 11.8 Å². The summed E-state index contributed by atoms with van der Waals surface area (Å²) in [6.45, 7) is 4.46. The lowest BCUT2D eigenvalue weighted by Gasteiger charge is -2.44. The number of aromatic nitrogens is 4. The van der Waals surface area contributed by atoms with Gasteiger partial charge >= 0.3 is 0 Å². The van der Waals surface area contributed by atoms with Crippen LogP contribution in [-0.4, -0.2) is 25.8 Å². The monoisotopic (exact) mass is 383 g/mol. The van der Waals surface area contributed by atoms with E-state index in [2.05, 4.69) is 33.9 Å². The molecule has 3 fully saturated rings. The summed E-state index contributed by atoms with van der Waals surface area (Å²) in [5.41, 5.74) is 1.58. The van der Waals surface area contributed by atoms with Crippen LogP contribution in [0.2, 0.25) is 0 Å². The molecule has 0 radical (unpaired) electrons. The molecule has 152 valence electrons. The standard InChI is InChI=1S/C22H33N5O/c1-3-16-19-21(27(26-16)14-8-4-5-9-14)24-20(25-22(19)28)18-12-13(2)15-10-6-7-11-17(15)23-18/h13-15,17-18,23,26H,3-12H2,1-2H3. The van der Waals surface area contributed by atoms with E-state index in [4.69, 9.17) is 4.98 Å². The van der Waals surface area contributed by atoms with Gasteiger partial charge in [0.2, 0.25) is 0 Å². The van der Waals surface area contributed by atoms with Gasteiger partial charge in [-0.2, -0.15) is 4.98 Å². The third-order valence-electron chi connectivity index (χ3n) is 7.59. The van der Waals surface area contributed by atoms with E-state index in [9.17, 15) is 4.79 Å². The van der Waals surface area contributed by atoms with E-state index in [1.807, 2.05) is 0 Å². The molecule has 0 aromatic rings. The minimum atomic E-state index is -0.106. The van der Waals surface area contributed by atoms with Gasteiger partial charge in [0.15, 0.2) is 11.6 Å². The van der Waals surface area contributed by atoms with E-state index in [0.29, 0.717) is 29.4 Å². The summed E-state index contributed by atoms with van der Waals surface area (Å²) in [5, 5.41) is 7.32. The normalized spacial score (nSPS) is 31.4. The van der Waals surface area contributed by atoms with Gasteiger partial charge in [-0.25, -0.2) is 4.98 Å². The Morgan fingerprint density at radius 2 is 1.82 bits per heavy atom. The molecular formula is C22H33N5O. The number of hydrogen-bond acceptors (Lipinski definition) is 4. The van der Waals surface area contributed by atoms with Crippen LogP contribution in [0.4, 0.5) is 0 Å². The Labute approximate surface area is 166 Å². The molecule has 0 spiro atoms. The van der Waals surface area contributed by atoms with Crippen LogP contribution in [0.1, 0.15) is 95.2 Å². The molecule has 28 heavy (non-hydrogen) atoms. The number of nitrogens with one attached hydrogen (secondary N) is 2. The third kappa shape index (κ3) is 3.00. The number of H-pyrrole nitrogens is 1. The van der Waals surface area contributed by atoms with Crippen molar-refractivity contribution >= 4 is 0 Å².